The molecule has 5 heteroatoms. The van der Waals surface area contributed by atoms with Gasteiger partial charge in [0.1, 0.15) is 4.88 Å². The fourth-order valence-electron chi connectivity index (χ4n) is 1.29. The molecule has 86 valence electrons. The predicted octanol–water partition coefficient (Wildman–Crippen LogP) is 2.70. The summed E-state index contributed by atoms with van der Waals surface area (Å²) in [5.41, 5.74) is 0.683. The number of rotatable bonds is 3. The van der Waals surface area contributed by atoms with E-state index in [-0.39, 0.29) is 10.8 Å². The highest BCUT2D eigenvalue weighted by molar-refractivity contribution is 7.15. The van der Waals surface area contributed by atoms with E-state index in [9.17, 15) is 9.59 Å². The highest BCUT2D eigenvalue weighted by atomic mass is 32.1. The van der Waals surface area contributed by atoms with E-state index in [1.54, 1.807) is 12.1 Å². The van der Waals surface area contributed by atoms with E-state index in [4.69, 9.17) is 5.11 Å². The van der Waals surface area contributed by atoms with Crippen molar-refractivity contribution in [2.75, 3.05) is 5.32 Å². The van der Waals surface area contributed by atoms with Crippen LogP contribution in [-0.2, 0) is 0 Å². The van der Waals surface area contributed by atoms with E-state index < -0.39 is 5.97 Å². The Morgan fingerprint density at radius 2 is 1.65 bits per heavy atom. The fourth-order valence-corrected chi connectivity index (χ4v) is 2.03. The number of carbonyl (C=O) groups excluding carboxylic acids is 1. The van der Waals surface area contributed by atoms with Gasteiger partial charge >= 0.3 is 5.97 Å². The molecule has 0 aliphatic heterocycles. The van der Waals surface area contributed by atoms with E-state index in [0.29, 0.717) is 10.6 Å². The normalized spacial score (nSPS) is 9.88. The van der Waals surface area contributed by atoms with Crippen LogP contribution in [0.1, 0.15) is 19.3 Å². The molecule has 4 nitrogen and oxygen atoms in total. The summed E-state index contributed by atoms with van der Waals surface area (Å²) in [6.07, 6.45) is 0. The maximum Gasteiger partial charge on any atom is 0.345 e. The number of benzene rings is 1. The van der Waals surface area contributed by atoms with Crippen LogP contribution >= 0.6 is 11.3 Å². The number of hydrogen-bond acceptors (Lipinski definition) is 3. The lowest BCUT2D eigenvalue weighted by atomic mass is 10.3. The quantitative estimate of drug-likeness (QED) is 0.876. The number of carboxylic acids is 1. The van der Waals surface area contributed by atoms with E-state index in [2.05, 4.69) is 5.32 Å². The van der Waals surface area contributed by atoms with E-state index in [0.717, 1.165) is 11.3 Å². The molecule has 0 saturated heterocycles. The van der Waals surface area contributed by atoms with Crippen LogP contribution in [0.5, 0.6) is 0 Å². The lowest BCUT2D eigenvalue weighted by molar-refractivity contribution is 0.0702. The second kappa shape index (κ2) is 4.80. The van der Waals surface area contributed by atoms with Crippen LogP contribution in [0.3, 0.4) is 0 Å². The standard InChI is InChI=1S/C12H9NO3S/c14-11(13-8-4-2-1-3-5-8)9-6-7-10(17-9)12(15)16/h1-7H,(H,13,14)(H,15,16). The Kier molecular flexibility index (Phi) is 3.20. The first-order valence-corrected chi connectivity index (χ1v) is 5.68. The third-order valence-electron chi connectivity index (χ3n) is 2.07. The van der Waals surface area contributed by atoms with E-state index >= 15 is 0 Å². The molecular weight excluding hydrogens is 238 g/mol. The maximum absolute atomic E-state index is 11.8. The Bertz CT molecular complexity index is 548. The molecule has 2 rings (SSSR count). The summed E-state index contributed by atoms with van der Waals surface area (Å²) in [5, 5.41) is 11.4. The van der Waals surface area contributed by atoms with E-state index in [1.807, 2.05) is 18.2 Å². The van der Waals surface area contributed by atoms with Gasteiger partial charge in [0.05, 0.1) is 4.88 Å². The number of carbonyl (C=O) groups is 2. The molecule has 0 saturated carbocycles. The van der Waals surface area contributed by atoms with E-state index in [1.165, 1.54) is 12.1 Å². The van der Waals surface area contributed by atoms with Crippen LogP contribution in [0.25, 0.3) is 0 Å². The maximum atomic E-state index is 11.8. The topological polar surface area (TPSA) is 66.4 Å². The van der Waals surface area contributed by atoms with Crippen molar-refractivity contribution in [1.82, 2.24) is 0 Å². The minimum Gasteiger partial charge on any atom is -0.477 e. The number of para-hydroxylation sites is 1. The molecule has 1 aromatic heterocycles. The Morgan fingerprint density at radius 3 is 2.24 bits per heavy atom. The molecule has 1 amide bonds. The fraction of sp³-hybridized carbons (Fsp3) is 0. The van der Waals surface area contributed by atoms with Gasteiger partial charge in [-0.1, -0.05) is 18.2 Å². The minimum absolute atomic E-state index is 0.156. The van der Waals surface area contributed by atoms with Gasteiger partial charge in [0.15, 0.2) is 0 Å². The van der Waals surface area contributed by atoms with Crippen molar-refractivity contribution < 1.29 is 14.7 Å². The zero-order chi connectivity index (χ0) is 12.3. The van der Waals surface area contributed by atoms with Gasteiger partial charge in [-0.2, -0.15) is 0 Å². The number of aromatic carboxylic acids is 1. The average Bonchev–Trinajstić information content (AvgIpc) is 2.79. The molecule has 0 fully saturated rings. The van der Waals surface area contributed by atoms with Gasteiger partial charge in [-0.3, -0.25) is 4.79 Å². The van der Waals surface area contributed by atoms with Crippen molar-refractivity contribution >= 4 is 28.9 Å². The second-order valence-electron chi connectivity index (χ2n) is 3.29. The Morgan fingerprint density at radius 1 is 1.00 bits per heavy atom. The van der Waals surface area contributed by atoms with Gasteiger partial charge in [-0.05, 0) is 24.3 Å². The molecule has 1 aromatic carbocycles. The van der Waals surface area contributed by atoms with Gasteiger partial charge in [-0.15, -0.1) is 11.3 Å². The molecule has 0 aliphatic carbocycles. The number of nitrogens with one attached hydrogen (secondary N) is 1. The smallest absolute Gasteiger partial charge is 0.345 e. The van der Waals surface area contributed by atoms with Crippen molar-refractivity contribution in [2.24, 2.45) is 0 Å². The number of thiophene rings is 1. The number of anilines is 1. The molecule has 0 radical (unpaired) electrons. The summed E-state index contributed by atoms with van der Waals surface area (Å²) in [7, 11) is 0. The van der Waals surface area contributed by atoms with Gasteiger partial charge < -0.3 is 10.4 Å². The van der Waals surface area contributed by atoms with Crippen LogP contribution in [0.2, 0.25) is 0 Å². The first-order valence-electron chi connectivity index (χ1n) is 4.86. The highest BCUT2D eigenvalue weighted by Gasteiger charge is 2.12. The van der Waals surface area contributed by atoms with Crippen LogP contribution < -0.4 is 5.32 Å². The van der Waals surface area contributed by atoms with Crippen molar-refractivity contribution in [3.05, 3.63) is 52.2 Å². The van der Waals surface area contributed by atoms with Crippen LogP contribution in [0.4, 0.5) is 5.69 Å². The first kappa shape index (κ1) is 11.3. The monoisotopic (exact) mass is 247 g/mol. The van der Waals surface area contributed by atoms with Crippen molar-refractivity contribution in [1.29, 1.82) is 0 Å². The summed E-state index contributed by atoms with van der Waals surface area (Å²) in [5.74, 6) is -1.32. The molecule has 0 bridgehead atoms. The SMILES string of the molecule is O=C(O)c1ccc(C(=O)Nc2ccccc2)s1. The summed E-state index contributed by atoms with van der Waals surface area (Å²) in [6.45, 7) is 0. The third-order valence-corrected chi connectivity index (χ3v) is 3.14. The summed E-state index contributed by atoms with van der Waals surface area (Å²) < 4.78 is 0. The molecule has 0 spiro atoms. The minimum atomic E-state index is -1.02. The highest BCUT2D eigenvalue weighted by Crippen LogP contribution is 2.18. The van der Waals surface area contributed by atoms with Gasteiger partial charge in [0, 0.05) is 5.69 Å². The molecular formula is C12H9NO3S. The zero-order valence-corrected chi connectivity index (χ0v) is 9.53. The van der Waals surface area contributed by atoms with Gasteiger partial charge in [0.2, 0.25) is 0 Å². The Hall–Kier alpha value is -2.14. The number of carboxylic acid groups (broad SMARTS) is 1. The van der Waals surface area contributed by atoms with Crippen LogP contribution in [0.15, 0.2) is 42.5 Å². The van der Waals surface area contributed by atoms with Gasteiger partial charge in [-0.25, -0.2) is 4.79 Å². The lowest BCUT2D eigenvalue weighted by Crippen LogP contribution is -2.09. The van der Waals surface area contributed by atoms with Crippen molar-refractivity contribution in [2.45, 2.75) is 0 Å². The van der Waals surface area contributed by atoms with Crippen LogP contribution in [0, 0.1) is 0 Å². The third kappa shape index (κ3) is 2.70. The summed E-state index contributed by atoms with van der Waals surface area (Å²) in [6, 6.07) is 11.9. The van der Waals surface area contributed by atoms with Crippen LogP contribution in [-0.4, -0.2) is 17.0 Å². The average molecular weight is 247 g/mol. The zero-order valence-electron chi connectivity index (χ0n) is 8.71. The summed E-state index contributed by atoms with van der Waals surface area (Å²) >= 11 is 0.957. The lowest BCUT2D eigenvalue weighted by Gasteiger charge is -2.01. The number of hydrogen-bond donors (Lipinski definition) is 2. The Balaban J connectivity index is 2.12. The number of amides is 1. The molecule has 0 atom stereocenters. The molecule has 0 aliphatic rings. The second-order valence-corrected chi connectivity index (χ2v) is 4.37. The van der Waals surface area contributed by atoms with Crippen molar-refractivity contribution in [3.63, 3.8) is 0 Å². The molecule has 2 aromatic rings. The first-order chi connectivity index (χ1) is 8.16. The summed E-state index contributed by atoms with van der Waals surface area (Å²) in [4.78, 5) is 23.0. The Labute approximate surface area is 102 Å². The van der Waals surface area contributed by atoms with Crippen molar-refractivity contribution in [3.8, 4) is 0 Å². The molecule has 17 heavy (non-hydrogen) atoms. The molecule has 2 N–H and O–H groups in total. The van der Waals surface area contributed by atoms with Gasteiger partial charge in [0.25, 0.3) is 5.91 Å². The molecule has 1 heterocycles. The molecule has 0 unspecified atom stereocenters. The predicted molar refractivity (Wildman–Crippen MR) is 65.7 cm³/mol. The largest absolute Gasteiger partial charge is 0.477 e.